The second-order valence-electron chi connectivity index (χ2n) is 5.98. The average molecular weight is 298 g/mol. The lowest BCUT2D eigenvalue weighted by molar-refractivity contribution is 0.0939. The van der Waals surface area contributed by atoms with Gasteiger partial charge in [0.2, 0.25) is 5.56 Å². The fraction of sp³-hybridized carbons (Fsp3) is 0.333. The number of carbonyl (C=O) groups excluding carboxylic acids is 1. The quantitative estimate of drug-likeness (QED) is 0.891. The fourth-order valence-corrected chi connectivity index (χ4v) is 2.33. The lowest BCUT2D eigenvalue weighted by Crippen LogP contribution is -2.27. The van der Waals surface area contributed by atoms with Crippen molar-refractivity contribution in [3.63, 3.8) is 0 Å². The van der Waals surface area contributed by atoms with Crippen molar-refractivity contribution in [1.29, 1.82) is 0 Å². The van der Waals surface area contributed by atoms with E-state index in [4.69, 9.17) is 0 Å². The highest BCUT2D eigenvalue weighted by molar-refractivity contribution is 5.94. The maximum Gasteiger partial charge on any atom is 0.253 e. The van der Waals surface area contributed by atoms with Crippen molar-refractivity contribution in [2.45, 2.75) is 33.2 Å². The first-order valence-electron chi connectivity index (χ1n) is 7.54. The zero-order valence-corrected chi connectivity index (χ0v) is 13.2. The van der Waals surface area contributed by atoms with Gasteiger partial charge < -0.3 is 10.3 Å². The predicted molar refractivity (Wildman–Crippen MR) is 87.9 cm³/mol. The third-order valence-corrected chi connectivity index (χ3v) is 3.52. The van der Waals surface area contributed by atoms with Gasteiger partial charge in [-0.15, -0.1) is 0 Å². The Bertz CT molecular complexity index is 666. The molecule has 1 amide bonds. The number of carbonyl (C=O) groups is 1. The number of nitrogens with one attached hydrogen (secondary N) is 2. The van der Waals surface area contributed by atoms with Crippen LogP contribution < -0.4 is 10.9 Å². The Morgan fingerprint density at radius 1 is 1.09 bits per heavy atom. The molecule has 0 saturated heterocycles. The predicted octanol–water partition coefficient (Wildman–Crippen LogP) is 3.06. The zero-order valence-electron chi connectivity index (χ0n) is 13.2. The molecule has 116 valence electrons. The molecule has 0 aliphatic rings. The zero-order chi connectivity index (χ0) is 16.1. The van der Waals surface area contributed by atoms with E-state index in [1.807, 2.05) is 6.92 Å². The highest BCUT2D eigenvalue weighted by Gasteiger charge is 2.11. The van der Waals surface area contributed by atoms with Gasteiger partial charge in [-0.3, -0.25) is 9.59 Å². The first-order valence-corrected chi connectivity index (χ1v) is 7.54. The first kappa shape index (κ1) is 16.0. The molecule has 0 fully saturated rings. The molecule has 1 heterocycles. The van der Waals surface area contributed by atoms with Gasteiger partial charge in [0.15, 0.2) is 0 Å². The number of aromatic amines is 1. The summed E-state index contributed by atoms with van der Waals surface area (Å²) in [5, 5.41) is 2.93. The number of benzene rings is 1. The van der Waals surface area contributed by atoms with E-state index in [1.165, 1.54) is 23.9 Å². The molecule has 0 saturated carbocycles. The summed E-state index contributed by atoms with van der Waals surface area (Å²) >= 11 is 0. The van der Waals surface area contributed by atoms with Crippen LogP contribution in [-0.2, 0) is 6.42 Å². The number of rotatable bonds is 5. The Hall–Kier alpha value is -2.36. The summed E-state index contributed by atoms with van der Waals surface area (Å²) in [6, 6.07) is 11.1. The summed E-state index contributed by atoms with van der Waals surface area (Å²) in [5.74, 6) is 0.429. The summed E-state index contributed by atoms with van der Waals surface area (Å²) in [6.07, 6.45) is 2.48. The summed E-state index contributed by atoms with van der Waals surface area (Å²) in [7, 11) is 0. The van der Waals surface area contributed by atoms with Crippen LogP contribution >= 0.6 is 0 Å². The number of aromatic nitrogens is 1. The summed E-state index contributed by atoms with van der Waals surface area (Å²) in [5.41, 5.74) is 2.59. The maximum atomic E-state index is 12.1. The van der Waals surface area contributed by atoms with Crippen LogP contribution in [0, 0.1) is 5.92 Å². The number of pyridine rings is 1. The smallest absolute Gasteiger partial charge is 0.253 e. The minimum absolute atomic E-state index is 0.0903. The average Bonchev–Trinajstić information content (AvgIpc) is 2.48. The van der Waals surface area contributed by atoms with E-state index in [1.54, 1.807) is 0 Å². The molecule has 0 aliphatic carbocycles. The Labute approximate surface area is 130 Å². The van der Waals surface area contributed by atoms with E-state index in [9.17, 15) is 9.59 Å². The monoisotopic (exact) mass is 298 g/mol. The molecule has 0 radical (unpaired) electrons. The molecule has 2 N–H and O–H groups in total. The number of amides is 1. The van der Waals surface area contributed by atoms with E-state index in [0.29, 0.717) is 11.5 Å². The Balaban J connectivity index is 2.02. The van der Waals surface area contributed by atoms with Gasteiger partial charge in [-0.1, -0.05) is 38.1 Å². The summed E-state index contributed by atoms with van der Waals surface area (Å²) in [6.45, 7) is 6.34. The SMILES string of the molecule is CC(C)Cc1ccc([C@@H](C)NC(=O)c2ccc(=O)[nH]c2)cc1. The van der Waals surface area contributed by atoms with Crippen LogP contribution in [0.5, 0.6) is 0 Å². The molecule has 1 aromatic carbocycles. The fourth-order valence-electron chi connectivity index (χ4n) is 2.33. The lowest BCUT2D eigenvalue weighted by atomic mass is 10.00. The molecule has 0 bridgehead atoms. The maximum absolute atomic E-state index is 12.1. The van der Waals surface area contributed by atoms with E-state index in [-0.39, 0.29) is 17.5 Å². The van der Waals surface area contributed by atoms with E-state index in [0.717, 1.165) is 12.0 Å². The van der Waals surface area contributed by atoms with Gasteiger partial charge in [0.1, 0.15) is 0 Å². The minimum Gasteiger partial charge on any atom is -0.345 e. The number of H-pyrrole nitrogens is 1. The van der Waals surface area contributed by atoms with Crippen molar-refractivity contribution < 1.29 is 4.79 Å². The van der Waals surface area contributed by atoms with Crippen LogP contribution in [0.4, 0.5) is 0 Å². The lowest BCUT2D eigenvalue weighted by Gasteiger charge is -2.15. The van der Waals surface area contributed by atoms with Crippen LogP contribution in [0.1, 0.15) is 48.3 Å². The third-order valence-electron chi connectivity index (χ3n) is 3.52. The Kier molecular flexibility index (Phi) is 5.15. The summed E-state index contributed by atoms with van der Waals surface area (Å²) in [4.78, 5) is 25.6. The summed E-state index contributed by atoms with van der Waals surface area (Å²) < 4.78 is 0. The van der Waals surface area contributed by atoms with Gasteiger partial charge in [0.25, 0.3) is 5.91 Å². The molecule has 0 aliphatic heterocycles. The van der Waals surface area contributed by atoms with Gasteiger partial charge in [-0.25, -0.2) is 0 Å². The van der Waals surface area contributed by atoms with Crippen LogP contribution in [0.2, 0.25) is 0 Å². The van der Waals surface area contributed by atoms with Crippen molar-refractivity contribution in [2.24, 2.45) is 5.92 Å². The van der Waals surface area contributed by atoms with E-state index >= 15 is 0 Å². The number of hydrogen-bond donors (Lipinski definition) is 2. The molecule has 2 aromatic rings. The van der Waals surface area contributed by atoms with E-state index in [2.05, 4.69) is 48.4 Å². The van der Waals surface area contributed by atoms with Crippen molar-refractivity contribution in [3.8, 4) is 0 Å². The molecular formula is C18H22N2O2. The largest absolute Gasteiger partial charge is 0.345 e. The van der Waals surface area contributed by atoms with Crippen molar-refractivity contribution >= 4 is 5.91 Å². The first-order chi connectivity index (χ1) is 10.5. The standard InChI is InChI=1S/C18H22N2O2/c1-12(2)10-14-4-6-15(7-5-14)13(3)20-18(22)16-8-9-17(21)19-11-16/h4-9,11-13H,10H2,1-3H3,(H,19,21)(H,20,22)/t13-/m1/s1. The Morgan fingerprint density at radius 3 is 2.32 bits per heavy atom. The van der Waals surface area contributed by atoms with Gasteiger partial charge >= 0.3 is 0 Å². The van der Waals surface area contributed by atoms with Crippen molar-refractivity contribution in [2.75, 3.05) is 0 Å². The van der Waals surface area contributed by atoms with Crippen LogP contribution in [0.3, 0.4) is 0 Å². The normalized spacial score (nSPS) is 12.2. The van der Waals surface area contributed by atoms with Crippen LogP contribution in [0.15, 0.2) is 47.4 Å². The second kappa shape index (κ2) is 7.07. The molecular weight excluding hydrogens is 276 g/mol. The molecule has 22 heavy (non-hydrogen) atoms. The third kappa shape index (κ3) is 4.32. The van der Waals surface area contributed by atoms with E-state index < -0.39 is 0 Å². The molecule has 2 rings (SSSR count). The van der Waals surface area contributed by atoms with Gasteiger partial charge in [0.05, 0.1) is 11.6 Å². The molecule has 4 nitrogen and oxygen atoms in total. The molecule has 0 unspecified atom stereocenters. The van der Waals surface area contributed by atoms with Gasteiger partial charge in [-0.2, -0.15) is 0 Å². The highest BCUT2D eigenvalue weighted by atomic mass is 16.2. The molecule has 4 heteroatoms. The second-order valence-corrected chi connectivity index (χ2v) is 5.98. The van der Waals surface area contributed by atoms with Gasteiger partial charge in [-0.05, 0) is 36.5 Å². The Morgan fingerprint density at radius 2 is 1.77 bits per heavy atom. The molecule has 0 spiro atoms. The molecule has 1 atom stereocenters. The van der Waals surface area contributed by atoms with Gasteiger partial charge in [0, 0.05) is 12.3 Å². The number of hydrogen-bond acceptors (Lipinski definition) is 2. The van der Waals surface area contributed by atoms with Crippen molar-refractivity contribution in [1.82, 2.24) is 10.3 Å². The highest BCUT2D eigenvalue weighted by Crippen LogP contribution is 2.16. The minimum atomic E-state index is -0.217. The topological polar surface area (TPSA) is 62.0 Å². The molecule has 1 aromatic heterocycles. The van der Waals surface area contributed by atoms with Crippen LogP contribution in [0.25, 0.3) is 0 Å². The van der Waals surface area contributed by atoms with Crippen molar-refractivity contribution in [3.05, 3.63) is 69.6 Å². The van der Waals surface area contributed by atoms with Crippen LogP contribution in [-0.4, -0.2) is 10.9 Å².